The molecule has 1 amide bonds. The van der Waals surface area contributed by atoms with E-state index in [-0.39, 0.29) is 11.9 Å². The summed E-state index contributed by atoms with van der Waals surface area (Å²) in [6.45, 7) is 4.45. The first kappa shape index (κ1) is 17.0. The van der Waals surface area contributed by atoms with E-state index < -0.39 is 0 Å². The van der Waals surface area contributed by atoms with E-state index in [2.05, 4.69) is 41.4 Å². The average Bonchev–Trinajstić information content (AvgIpc) is 3.04. The molecule has 126 valence electrons. The standard InChI is InChI=1S/C20H23ClN2O/c1-15-4-6-17(7-5-15)14-23-12-2-3-19(23)20(24)22-13-16-8-10-18(21)11-9-16/h4-11,19H,2-3,12-14H2,1H3,(H,22,24)/t19-/m1/s1. The molecule has 1 atom stereocenters. The second kappa shape index (κ2) is 7.82. The summed E-state index contributed by atoms with van der Waals surface area (Å²) in [4.78, 5) is 14.8. The molecule has 1 fully saturated rings. The molecule has 0 saturated carbocycles. The van der Waals surface area contributed by atoms with Crippen molar-refractivity contribution in [2.24, 2.45) is 0 Å². The molecule has 1 aliphatic rings. The molecule has 2 aromatic rings. The monoisotopic (exact) mass is 342 g/mol. The lowest BCUT2D eigenvalue weighted by Gasteiger charge is -2.23. The van der Waals surface area contributed by atoms with Crippen molar-refractivity contribution in [3.05, 3.63) is 70.2 Å². The van der Waals surface area contributed by atoms with Gasteiger partial charge in [0.1, 0.15) is 0 Å². The van der Waals surface area contributed by atoms with Crippen LogP contribution in [0.15, 0.2) is 48.5 Å². The summed E-state index contributed by atoms with van der Waals surface area (Å²) >= 11 is 5.89. The summed E-state index contributed by atoms with van der Waals surface area (Å²) in [7, 11) is 0. The molecule has 3 rings (SSSR count). The second-order valence-corrected chi connectivity index (χ2v) is 6.89. The van der Waals surface area contributed by atoms with Gasteiger partial charge in [-0.25, -0.2) is 0 Å². The zero-order chi connectivity index (χ0) is 16.9. The minimum Gasteiger partial charge on any atom is -0.351 e. The fourth-order valence-corrected chi connectivity index (χ4v) is 3.28. The van der Waals surface area contributed by atoms with Crippen LogP contribution in [-0.4, -0.2) is 23.4 Å². The van der Waals surface area contributed by atoms with Gasteiger partial charge in [0.2, 0.25) is 5.91 Å². The van der Waals surface area contributed by atoms with E-state index in [9.17, 15) is 4.79 Å². The zero-order valence-electron chi connectivity index (χ0n) is 14.0. The van der Waals surface area contributed by atoms with Crippen LogP contribution in [0.2, 0.25) is 5.02 Å². The Hall–Kier alpha value is -1.84. The van der Waals surface area contributed by atoms with Crippen molar-refractivity contribution in [1.82, 2.24) is 10.2 Å². The highest BCUT2D eigenvalue weighted by Crippen LogP contribution is 2.20. The van der Waals surface area contributed by atoms with Crippen LogP contribution in [0.1, 0.15) is 29.5 Å². The quantitative estimate of drug-likeness (QED) is 0.893. The van der Waals surface area contributed by atoms with Crippen LogP contribution in [0.3, 0.4) is 0 Å². The molecule has 0 radical (unpaired) electrons. The van der Waals surface area contributed by atoms with Crippen molar-refractivity contribution in [1.29, 1.82) is 0 Å². The maximum atomic E-state index is 12.6. The Balaban J connectivity index is 1.56. The van der Waals surface area contributed by atoms with Crippen molar-refractivity contribution in [2.75, 3.05) is 6.54 Å². The first-order valence-corrected chi connectivity index (χ1v) is 8.81. The molecule has 0 spiro atoms. The molecular formula is C20H23ClN2O. The van der Waals surface area contributed by atoms with E-state index in [1.54, 1.807) is 0 Å². The summed E-state index contributed by atoms with van der Waals surface area (Å²) in [5, 5.41) is 3.77. The molecule has 4 heteroatoms. The van der Waals surface area contributed by atoms with Crippen LogP contribution < -0.4 is 5.32 Å². The predicted octanol–water partition coefficient (Wildman–Crippen LogP) is 3.93. The molecule has 0 aliphatic carbocycles. The Morgan fingerprint density at radius 1 is 1.12 bits per heavy atom. The van der Waals surface area contributed by atoms with E-state index in [1.807, 2.05) is 24.3 Å². The van der Waals surface area contributed by atoms with Gasteiger partial charge >= 0.3 is 0 Å². The van der Waals surface area contributed by atoms with Crippen LogP contribution in [0.25, 0.3) is 0 Å². The highest BCUT2D eigenvalue weighted by Gasteiger charge is 2.30. The molecular weight excluding hydrogens is 320 g/mol. The van der Waals surface area contributed by atoms with E-state index in [0.29, 0.717) is 11.6 Å². The van der Waals surface area contributed by atoms with Crippen molar-refractivity contribution >= 4 is 17.5 Å². The Bertz CT molecular complexity index is 682. The van der Waals surface area contributed by atoms with Gasteiger partial charge < -0.3 is 5.32 Å². The highest BCUT2D eigenvalue weighted by molar-refractivity contribution is 6.30. The van der Waals surface area contributed by atoms with Gasteiger partial charge in [0.05, 0.1) is 6.04 Å². The number of hydrogen-bond acceptors (Lipinski definition) is 2. The van der Waals surface area contributed by atoms with Gasteiger partial charge in [0, 0.05) is 18.1 Å². The highest BCUT2D eigenvalue weighted by atomic mass is 35.5. The van der Waals surface area contributed by atoms with Gasteiger partial charge in [-0.05, 0) is 49.6 Å². The van der Waals surface area contributed by atoms with Gasteiger partial charge in [-0.3, -0.25) is 9.69 Å². The van der Waals surface area contributed by atoms with Crippen LogP contribution in [0.5, 0.6) is 0 Å². The number of halogens is 1. The molecule has 3 nitrogen and oxygen atoms in total. The molecule has 24 heavy (non-hydrogen) atoms. The minimum atomic E-state index is -0.0291. The van der Waals surface area contributed by atoms with E-state index in [0.717, 1.165) is 31.5 Å². The van der Waals surface area contributed by atoms with Gasteiger partial charge in [0.25, 0.3) is 0 Å². The zero-order valence-corrected chi connectivity index (χ0v) is 14.7. The molecule has 1 aliphatic heterocycles. The van der Waals surface area contributed by atoms with Crippen molar-refractivity contribution in [2.45, 2.75) is 38.9 Å². The van der Waals surface area contributed by atoms with Crippen molar-refractivity contribution < 1.29 is 4.79 Å². The van der Waals surface area contributed by atoms with Crippen molar-refractivity contribution in [3.63, 3.8) is 0 Å². The third-order valence-electron chi connectivity index (χ3n) is 4.55. The lowest BCUT2D eigenvalue weighted by Crippen LogP contribution is -2.42. The van der Waals surface area contributed by atoms with E-state index in [1.165, 1.54) is 11.1 Å². The minimum absolute atomic E-state index is 0.0291. The van der Waals surface area contributed by atoms with E-state index in [4.69, 9.17) is 11.6 Å². The maximum Gasteiger partial charge on any atom is 0.237 e. The maximum absolute atomic E-state index is 12.6. The average molecular weight is 343 g/mol. The third-order valence-corrected chi connectivity index (χ3v) is 4.80. The van der Waals surface area contributed by atoms with Crippen molar-refractivity contribution in [3.8, 4) is 0 Å². The fraction of sp³-hybridized carbons (Fsp3) is 0.350. The van der Waals surface area contributed by atoms with Gasteiger partial charge in [-0.2, -0.15) is 0 Å². The van der Waals surface area contributed by atoms with Crippen LogP contribution in [-0.2, 0) is 17.9 Å². The Morgan fingerprint density at radius 3 is 2.50 bits per heavy atom. The molecule has 0 unspecified atom stereocenters. The lowest BCUT2D eigenvalue weighted by molar-refractivity contribution is -0.125. The topological polar surface area (TPSA) is 32.3 Å². The molecule has 1 saturated heterocycles. The number of carbonyl (C=O) groups is 1. The number of nitrogens with zero attached hydrogens (tertiary/aromatic N) is 1. The molecule has 0 aromatic heterocycles. The molecule has 1 N–H and O–H groups in total. The number of rotatable bonds is 5. The summed E-state index contributed by atoms with van der Waals surface area (Å²) in [6, 6.07) is 16.1. The normalized spacial score (nSPS) is 17.8. The Kier molecular flexibility index (Phi) is 5.54. The summed E-state index contributed by atoms with van der Waals surface area (Å²) in [5.74, 6) is 0.120. The summed E-state index contributed by atoms with van der Waals surface area (Å²) < 4.78 is 0. The first-order valence-electron chi connectivity index (χ1n) is 8.43. The molecule has 0 bridgehead atoms. The summed E-state index contributed by atoms with van der Waals surface area (Å²) in [5.41, 5.74) is 3.59. The number of nitrogens with one attached hydrogen (secondary N) is 1. The first-order chi connectivity index (χ1) is 11.6. The second-order valence-electron chi connectivity index (χ2n) is 6.46. The molecule has 2 aromatic carbocycles. The number of carbonyl (C=O) groups excluding carboxylic acids is 1. The third kappa shape index (κ3) is 4.37. The SMILES string of the molecule is Cc1ccc(CN2CCC[C@@H]2C(=O)NCc2ccc(Cl)cc2)cc1. The predicted molar refractivity (Wildman–Crippen MR) is 97.9 cm³/mol. The van der Waals surface area contributed by atoms with Crippen LogP contribution >= 0.6 is 11.6 Å². The van der Waals surface area contributed by atoms with Gasteiger partial charge in [-0.15, -0.1) is 0 Å². The lowest BCUT2D eigenvalue weighted by atomic mass is 10.1. The van der Waals surface area contributed by atoms with Crippen LogP contribution in [0.4, 0.5) is 0 Å². The van der Waals surface area contributed by atoms with E-state index >= 15 is 0 Å². The number of hydrogen-bond donors (Lipinski definition) is 1. The summed E-state index contributed by atoms with van der Waals surface area (Å²) in [6.07, 6.45) is 2.00. The van der Waals surface area contributed by atoms with Gasteiger partial charge in [-0.1, -0.05) is 53.6 Å². The molecule has 1 heterocycles. The fourth-order valence-electron chi connectivity index (χ4n) is 3.15. The number of benzene rings is 2. The number of amides is 1. The van der Waals surface area contributed by atoms with Gasteiger partial charge in [0.15, 0.2) is 0 Å². The smallest absolute Gasteiger partial charge is 0.237 e. The Morgan fingerprint density at radius 2 is 1.79 bits per heavy atom. The Labute approximate surface area is 148 Å². The number of likely N-dealkylation sites (tertiary alicyclic amines) is 1. The largest absolute Gasteiger partial charge is 0.351 e. The number of aryl methyl sites for hydroxylation is 1. The van der Waals surface area contributed by atoms with Crippen LogP contribution in [0, 0.1) is 6.92 Å².